The summed E-state index contributed by atoms with van der Waals surface area (Å²) in [5.74, 6) is -0.472. The third kappa shape index (κ3) is 4.50. The van der Waals surface area contributed by atoms with Crippen molar-refractivity contribution >= 4 is 60.7 Å². The summed E-state index contributed by atoms with van der Waals surface area (Å²) in [6.07, 6.45) is 0.0120. The molecule has 0 aliphatic carbocycles. The third-order valence-electron chi connectivity index (χ3n) is 5.07. The zero-order valence-corrected chi connectivity index (χ0v) is 18.8. The fourth-order valence-corrected chi connectivity index (χ4v) is 5.04. The van der Waals surface area contributed by atoms with Crippen molar-refractivity contribution in [1.29, 1.82) is 0 Å². The number of hydrogen-bond donors (Lipinski definition) is 1. The minimum absolute atomic E-state index is 0.135. The number of nitrogens with zero attached hydrogens (tertiary/aromatic N) is 2. The maximum absolute atomic E-state index is 13.3. The van der Waals surface area contributed by atoms with E-state index in [1.807, 2.05) is 28.8 Å². The van der Waals surface area contributed by atoms with Crippen molar-refractivity contribution in [3.8, 4) is 0 Å². The van der Waals surface area contributed by atoms with Crippen molar-refractivity contribution in [2.75, 3.05) is 17.1 Å². The highest BCUT2D eigenvalue weighted by Gasteiger charge is 2.23. The van der Waals surface area contributed by atoms with E-state index in [9.17, 15) is 17.9 Å². The number of aliphatic hydroxyl groups is 1. The molecule has 3 aromatic carbocycles. The topological polar surface area (TPSA) is 62.5 Å². The SMILES string of the molecule is CS(=O)(=O)N(CC(O)Cn1c2ccc(Cl)cc2c2cc(Cl)ccc21)c1ccc(F)cc1. The molecular formula is C22H19Cl2FN2O3S. The molecule has 0 radical (unpaired) electrons. The Morgan fingerprint density at radius 1 is 0.968 bits per heavy atom. The Balaban J connectivity index is 1.72. The minimum atomic E-state index is -3.69. The molecule has 4 rings (SSSR count). The van der Waals surface area contributed by atoms with Crippen molar-refractivity contribution in [3.63, 3.8) is 0 Å². The normalized spacial score (nSPS) is 13.1. The van der Waals surface area contributed by atoms with E-state index >= 15 is 0 Å². The predicted molar refractivity (Wildman–Crippen MR) is 124 cm³/mol. The molecule has 1 aromatic heterocycles. The second-order valence-electron chi connectivity index (χ2n) is 7.36. The molecule has 0 fully saturated rings. The Morgan fingerprint density at radius 2 is 1.48 bits per heavy atom. The number of hydrogen-bond acceptors (Lipinski definition) is 3. The number of rotatable bonds is 6. The third-order valence-corrected chi connectivity index (χ3v) is 6.70. The molecule has 0 aliphatic heterocycles. The van der Waals surface area contributed by atoms with Gasteiger partial charge in [-0.25, -0.2) is 12.8 Å². The molecule has 0 saturated carbocycles. The van der Waals surface area contributed by atoms with Crippen LogP contribution in [0.3, 0.4) is 0 Å². The van der Waals surface area contributed by atoms with Crippen LogP contribution < -0.4 is 4.31 Å². The molecule has 5 nitrogen and oxygen atoms in total. The second kappa shape index (κ2) is 8.31. The molecule has 1 unspecified atom stereocenters. The van der Waals surface area contributed by atoms with Gasteiger partial charge in [0, 0.05) is 31.9 Å². The first-order valence-corrected chi connectivity index (χ1v) is 12.0. The van der Waals surface area contributed by atoms with Crippen molar-refractivity contribution in [2.24, 2.45) is 0 Å². The van der Waals surface area contributed by atoms with Crippen LogP contribution in [0.4, 0.5) is 10.1 Å². The van der Waals surface area contributed by atoms with Crippen molar-refractivity contribution < 1.29 is 17.9 Å². The number of aromatic nitrogens is 1. The minimum Gasteiger partial charge on any atom is -0.389 e. The zero-order chi connectivity index (χ0) is 22.3. The van der Waals surface area contributed by atoms with Gasteiger partial charge in [-0.1, -0.05) is 23.2 Å². The summed E-state index contributed by atoms with van der Waals surface area (Å²) < 4.78 is 40.9. The van der Waals surface area contributed by atoms with Gasteiger partial charge in [0.2, 0.25) is 10.0 Å². The van der Waals surface area contributed by atoms with Gasteiger partial charge in [0.15, 0.2) is 0 Å². The largest absolute Gasteiger partial charge is 0.389 e. The van der Waals surface area contributed by atoms with Gasteiger partial charge in [-0.05, 0) is 60.7 Å². The highest BCUT2D eigenvalue weighted by atomic mass is 35.5. The van der Waals surface area contributed by atoms with Crippen LogP contribution in [-0.4, -0.2) is 37.0 Å². The predicted octanol–water partition coefficient (Wildman–Crippen LogP) is 5.07. The lowest BCUT2D eigenvalue weighted by Crippen LogP contribution is -2.38. The first-order chi connectivity index (χ1) is 14.6. The Morgan fingerprint density at radius 3 is 1.97 bits per heavy atom. The Bertz CT molecular complexity index is 1310. The molecule has 0 spiro atoms. The summed E-state index contributed by atoms with van der Waals surface area (Å²) in [4.78, 5) is 0. The van der Waals surface area contributed by atoms with E-state index in [-0.39, 0.29) is 18.8 Å². The Kier molecular flexibility index (Phi) is 5.87. The molecule has 31 heavy (non-hydrogen) atoms. The maximum atomic E-state index is 13.3. The van der Waals surface area contributed by atoms with Crippen LogP contribution in [0.1, 0.15) is 0 Å². The zero-order valence-electron chi connectivity index (χ0n) is 16.5. The molecule has 0 aliphatic rings. The maximum Gasteiger partial charge on any atom is 0.232 e. The lowest BCUT2D eigenvalue weighted by Gasteiger charge is -2.25. The van der Waals surface area contributed by atoms with Gasteiger partial charge in [0.1, 0.15) is 5.82 Å². The van der Waals surface area contributed by atoms with E-state index in [0.29, 0.717) is 10.0 Å². The smallest absolute Gasteiger partial charge is 0.232 e. The van der Waals surface area contributed by atoms with E-state index in [4.69, 9.17) is 23.2 Å². The Hall–Kier alpha value is -2.32. The second-order valence-corrected chi connectivity index (χ2v) is 10.1. The van der Waals surface area contributed by atoms with Crippen LogP contribution in [-0.2, 0) is 16.6 Å². The summed E-state index contributed by atoms with van der Waals surface area (Å²) in [6.45, 7) is -0.0523. The lowest BCUT2D eigenvalue weighted by molar-refractivity contribution is 0.166. The van der Waals surface area contributed by atoms with Crippen LogP contribution in [0, 0.1) is 5.82 Å². The van der Waals surface area contributed by atoms with Gasteiger partial charge in [-0.2, -0.15) is 0 Å². The van der Waals surface area contributed by atoms with Gasteiger partial charge >= 0.3 is 0 Å². The summed E-state index contributed by atoms with van der Waals surface area (Å²) in [6, 6.07) is 16.0. The summed E-state index contributed by atoms with van der Waals surface area (Å²) in [7, 11) is -3.69. The van der Waals surface area contributed by atoms with Crippen LogP contribution in [0.15, 0.2) is 60.7 Å². The standard InChI is InChI=1S/C22H19Cl2FN2O3S/c1-31(29,30)27(17-6-4-16(25)5-7-17)13-18(28)12-26-21-8-2-14(23)10-19(21)20-11-15(24)3-9-22(20)26/h2-11,18,28H,12-13H2,1H3. The first kappa shape index (κ1) is 21.9. The van der Waals surface area contributed by atoms with Gasteiger partial charge < -0.3 is 9.67 Å². The molecule has 1 atom stereocenters. The highest BCUT2D eigenvalue weighted by molar-refractivity contribution is 7.92. The molecule has 9 heteroatoms. The summed E-state index contributed by atoms with van der Waals surface area (Å²) in [5, 5.41) is 13.8. The van der Waals surface area contributed by atoms with E-state index in [0.717, 1.165) is 32.4 Å². The number of sulfonamides is 1. The lowest BCUT2D eigenvalue weighted by atomic mass is 10.1. The van der Waals surface area contributed by atoms with Crippen LogP contribution in [0.5, 0.6) is 0 Å². The average Bonchev–Trinajstić information content (AvgIpc) is 2.98. The molecule has 162 valence electrons. The van der Waals surface area contributed by atoms with Crippen molar-refractivity contribution in [3.05, 3.63) is 76.5 Å². The fraction of sp³-hybridized carbons (Fsp3) is 0.182. The van der Waals surface area contributed by atoms with Gasteiger partial charge in [-0.15, -0.1) is 0 Å². The number of benzene rings is 3. The van der Waals surface area contributed by atoms with Crippen LogP contribution in [0.2, 0.25) is 10.0 Å². The molecule has 0 saturated heterocycles. The van der Waals surface area contributed by atoms with E-state index < -0.39 is 21.9 Å². The highest BCUT2D eigenvalue weighted by Crippen LogP contribution is 2.33. The molecule has 0 bridgehead atoms. The molecule has 0 amide bonds. The molecular weight excluding hydrogens is 462 g/mol. The molecule has 4 aromatic rings. The molecule has 1 N–H and O–H groups in total. The first-order valence-electron chi connectivity index (χ1n) is 9.42. The van der Waals surface area contributed by atoms with E-state index in [2.05, 4.69) is 0 Å². The number of anilines is 1. The monoisotopic (exact) mass is 480 g/mol. The van der Waals surface area contributed by atoms with E-state index in [1.54, 1.807) is 12.1 Å². The fourth-order valence-electron chi connectivity index (χ4n) is 3.74. The summed E-state index contributed by atoms with van der Waals surface area (Å²) >= 11 is 12.4. The van der Waals surface area contributed by atoms with Crippen LogP contribution in [0.25, 0.3) is 21.8 Å². The molecule has 1 heterocycles. The summed E-state index contributed by atoms with van der Waals surface area (Å²) in [5.41, 5.74) is 1.96. The van der Waals surface area contributed by atoms with Gasteiger partial charge in [0.05, 0.1) is 31.1 Å². The average molecular weight is 481 g/mol. The van der Waals surface area contributed by atoms with Crippen molar-refractivity contribution in [2.45, 2.75) is 12.6 Å². The van der Waals surface area contributed by atoms with Crippen molar-refractivity contribution in [1.82, 2.24) is 4.57 Å². The number of fused-ring (bicyclic) bond motifs is 3. The quantitative estimate of drug-likeness (QED) is 0.419. The van der Waals surface area contributed by atoms with Crippen LogP contribution >= 0.6 is 23.2 Å². The number of halogens is 3. The number of aliphatic hydroxyl groups excluding tert-OH is 1. The van der Waals surface area contributed by atoms with Gasteiger partial charge in [0.25, 0.3) is 0 Å². The van der Waals surface area contributed by atoms with E-state index in [1.165, 1.54) is 24.3 Å². The Labute approximate surface area is 189 Å². The van der Waals surface area contributed by atoms with Gasteiger partial charge in [-0.3, -0.25) is 4.31 Å².